The van der Waals surface area contributed by atoms with Crippen molar-refractivity contribution < 1.29 is 27.7 Å². The van der Waals surface area contributed by atoms with Crippen molar-refractivity contribution in [3.05, 3.63) is 62.1 Å². The second kappa shape index (κ2) is 8.55. The summed E-state index contributed by atoms with van der Waals surface area (Å²) in [7, 11) is -3.67. The number of nitro groups is 1. The van der Waals surface area contributed by atoms with Crippen LogP contribution in [0.4, 0.5) is 11.4 Å². The van der Waals surface area contributed by atoms with E-state index in [0.717, 1.165) is 18.4 Å². The van der Waals surface area contributed by atoms with Crippen LogP contribution in [0.1, 0.15) is 10.4 Å². The zero-order valence-electron chi connectivity index (χ0n) is 14.1. The smallest absolute Gasteiger partial charge is 0.338 e. The molecule has 0 unspecified atom stereocenters. The molecule has 0 aliphatic rings. The predicted molar refractivity (Wildman–Crippen MR) is 102 cm³/mol. The maximum Gasteiger partial charge on any atom is 0.338 e. The topological polar surface area (TPSA) is 133 Å². The highest BCUT2D eigenvalue weighted by Crippen LogP contribution is 2.27. The van der Waals surface area contributed by atoms with E-state index in [1.165, 1.54) is 24.3 Å². The number of nitrogens with zero attached hydrogens (tertiary/aromatic N) is 1. The second-order valence-electron chi connectivity index (χ2n) is 5.46. The summed E-state index contributed by atoms with van der Waals surface area (Å²) in [5, 5.41) is 13.3. The van der Waals surface area contributed by atoms with Crippen LogP contribution in [0, 0.1) is 10.1 Å². The van der Waals surface area contributed by atoms with Gasteiger partial charge in [0.2, 0.25) is 0 Å². The molecule has 0 aliphatic heterocycles. The van der Waals surface area contributed by atoms with Gasteiger partial charge in [0.15, 0.2) is 16.4 Å². The van der Waals surface area contributed by atoms with Gasteiger partial charge in [-0.3, -0.25) is 14.9 Å². The van der Waals surface area contributed by atoms with Crippen molar-refractivity contribution in [2.75, 3.05) is 18.2 Å². The Morgan fingerprint density at radius 1 is 1.18 bits per heavy atom. The number of carbonyl (C=O) groups is 2. The molecule has 1 N–H and O–H groups in total. The number of hydrogen-bond acceptors (Lipinski definition) is 7. The molecule has 0 bridgehead atoms. The first-order chi connectivity index (χ1) is 13.0. The van der Waals surface area contributed by atoms with Crippen molar-refractivity contribution in [2.24, 2.45) is 0 Å². The summed E-state index contributed by atoms with van der Waals surface area (Å²) >= 11 is 11.5. The summed E-state index contributed by atoms with van der Waals surface area (Å²) in [5.41, 5.74) is -0.681. The fourth-order valence-corrected chi connectivity index (χ4v) is 3.54. The summed E-state index contributed by atoms with van der Waals surface area (Å²) in [5.74, 6) is -1.81. The number of carbonyl (C=O) groups excluding carboxylic acids is 2. The zero-order chi connectivity index (χ0) is 21.1. The van der Waals surface area contributed by atoms with E-state index in [1.54, 1.807) is 0 Å². The van der Waals surface area contributed by atoms with Crippen LogP contribution < -0.4 is 5.32 Å². The maximum absolute atomic E-state index is 12.0. The number of anilines is 1. The van der Waals surface area contributed by atoms with Crippen LogP contribution in [0.15, 0.2) is 41.3 Å². The number of nitro benzene ring substituents is 1. The van der Waals surface area contributed by atoms with E-state index in [1.807, 2.05) is 0 Å². The SMILES string of the molecule is CS(=O)(=O)c1cc(C(=O)OCC(=O)Nc2ccc(Cl)cc2[N+](=O)[O-])ccc1Cl. The minimum absolute atomic E-state index is 0.0631. The fourth-order valence-electron chi connectivity index (χ4n) is 2.08. The molecule has 0 atom stereocenters. The van der Waals surface area contributed by atoms with Gasteiger partial charge in [0.25, 0.3) is 11.6 Å². The first-order valence-electron chi connectivity index (χ1n) is 7.39. The third kappa shape index (κ3) is 5.41. The number of sulfone groups is 1. The highest BCUT2D eigenvalue weighted by atomic mass is 35.5. The van der Waals surface area contributed by atoms with Gasteiger partial charge in [-0.15, -0.1) is 0 Å². The van der Waals surface area contributed by atoms with Crippen LogP contribution in [-0.4, -0.2) is 38.1 Å². The van der Waals surface area contributed by atoms with Gasteiger partial charge in [-0.05, 0) is 30.3 Å². The highest BCUT2D eigenvalue weighted by Gasteiger charge is 2.19. The number of benzene rings is 2. The van der Waals surface area contributed by atoms with Gasteiger partial charge in [0, 0.05) is 17.3 Å². The molecule has 0 radical (unpaired) electrons. The average molecular weight is 447 g/mol. The van der Waals surface area contributed by atoms with Crippen molar-refractivity contribution in [1.82, 2.24) is 0 Å². The number of nitrogens with one attached hydrogen (secondary N) is 1. The third-order valence-electron chi connectivity index (χ3n) is 3.33. The Kier molecular flexibility index (Phi) is 6.60. The van der Waals surface area contributed by atoms with Gasteiger partial charge in [0.1, 0.15) is 5.69 Å². The van der Waals surface area contributed by atoms with E-state index in [-0.39, 0.29) is 26.2 Å². The van der Waals surface area contributed by atoms with Crippen LogP contribution in [0.25, 0.3) is 0 Å². The monoisotopic (exact) mass is 446 g/mol. The van der Waals surface area contributed by atoms with Crippen molar-refractivity contribution in [1.29, 1.82) is 0 Å². The van der Waals surface area contributed by atoms with Gasteiger partial charge in [-0.1, -0.05) is 23.2 Å². The molecule has 0 saturated carbocycles. The molecule has 9 nitrogen and oxygen atoms in total. The lowest BCUT2D eigenvalue weighted by molar-refractivity contribution is -0.383. The number of hydrogen-bond donors (Lipinski definition) is 1. The Morgan fingerprint density at radius 3 is 2.46 bits per heavy atom. The lowest BCUT2D eigenvalue weighted by Crippen LogP contribution is -2.21. The quantitative estimate of drug-likeness (QED) is 0.409. The zero-order valence-corrected chi connectivity index (χ0v) is 16.5. The molecule has 2 rings (SSSR count). The lowest BCUT2D eigenvalue weighted by Gasteiger charge is -2.08. The molecule has 0 heterocycles. The number of esters is 1. The normalized spacial score (nSPS) is 11.0. The van der Waals surface area contributed by atoms with Crippen molar-refractivity contribution >= 4 is 56.3 Å². The van der Waals surface area contributed by atoms with E-state index in [2.05, 4.69) is 5.32 Å². The first-order valence-corrected chi connectivity index (χ1v) is 10.0. The molecule has 2 aromatic carbocycles. The summed E-state index contributed by atoms with van der Waals surface area (Å²) < 4.78 is 28.1. The van der Waals surface area contributed by atoms with Crippen LogP contribution in [0.3, 0.4) is 0 Å². The van der Waals surface area contributed by atoms with E-state index >= 15 is 0 Å². The van der Waals surface area contributed by atoms with Gasteiger partial charge in [-0.2, -0.15) is 0 Å². The second-order valence-corrected chi connectivity index (χ2v) is 8.29. The van der Waals surface area contributed by atoms with Gasteiger partial charge < -0.3 is 10.1 Å². The molecular formula is C16H12Cl2N2O7S. The average Bonchev–Trinajstić information content (AvgIpc) is 2.60. The molecule has 0 fully saturated rings. The minimum atomic E-state index is -3.67. The molecule has 12 heteroatoms. The Bertz CT molecular complexity index is 1070. The van der Waals surface area contributed by atoms with E-state index in [4.69, 9.17) is 27.9 Å². The standard InChI is InChI=1S/C16H12Cl2N2O7S/c1-28(25,26)14-6-9(2-4-11(14)18)16(22)27-8-15(21)19-12-5-3-10(17)7-13(12)20(23)24/h2-7H,8H2,1H3,(H,19,21). The molecule has 0 aliphatic carbocycles. The fraction of sp³-hybridized carbons (Fsp3) is 0.125. The Morgan fingerprint density at radius 2 is 1.86 bits per heavy atom. The van der Waals surface area contributed by atoms with Gasteiger partial charge >= 0.3 is 5.97 Å². The van der Waals surface area contributed by atoms with Crippen LogP contribution in [0.5, 0.6) is 0 Å². The summed E-state index contributed by atoms with van der Waals surface area (Å²) in [6.45, 7) is -0.755. The van der Waals surface area contributed by atoms with Crippen molar-refractivity contribution in [3.63, 3.8) is 0 Å². The predicted octanol–water partition coefficient (Wildman–Crippen LogP) is 3.10. The molecule has 1 amide bonds. The van der Waals surface area contributed by atoms with Gasteiger partial charge in [-0.25, -0.2) is 13.2 Å². The van der Waals surface area contributed by atoms with E-state index in [9.17, 15) is 28.1 Å². The lowest BCUT2D eigenvalue weighted by atomic mass is 10.2. The van der Waals surface area contributed by atoms with E-state index < -0.39 is 38.9 Å². The molecule has 28 heavy (non-hydrogen) atoms. The van der Waals surface area contributed by atoms with Crippen molar-refractivity contribution in [3.8, 4) is 0 Å². The van der Waals surface area contributed by atoms with Crippen molar-refractivity contribution in [2.45, 2.75) is 4.90 Å². The van der Waals surface area contributed by atoms with Crippen LogP contribution >= 0.6 is 23.2 Å². The first kappa shape index (κ1) is 21.6. The molecule has 2 aromatic rings. The summed E-state index contributed by atoms with van der Waals surface area (Å²) in [4.78, 5) is 34.0. The molecular weight excluding hydrogens is 435 g/mol. The highest BCUT2D eigenvalue weighted by molar-refractivity contribution is 7.90. The Balaban J connectivity index is 2.08. The summed E-state index contributed by atoms with van der Waals surface area (Å²) in [6, 6.07) is 7.12. The minimum Gasteiger partial charge on any atom is -0.452 e. The van der Waals surface area contributed by atoms with Gasteiger partial charge in [0.05, 0.1) is 20.4 Å². The molecule has 0 spiro atoms. The largest absolute Gasteiger partial charge is 0.452 e. The van der Waals surface area contributed by atoms with Crippen LogP contribution in [-0.2, 0) is 19.4 Å². The molecule has 148 valence electrons. The van der Waals surface area contributed by atoms with Crippen LogP contribution in [0.2, 0.25) is 10.0 Å². The molecule has 0 aromatic heterocycles. The number of amides is 1. The summed E-state index contributed by atoms with van der Waals surface area (Å²) in [6.07, 6.45) is 0.926. The third-order valence-corrected chi connectivity index (χ3v) is 5.14. The number of halogens is 2. The Hall–Kier alpha value is -2.69. The number of ether oxygens (including phenoxy) is 1. The molecule has 0 saturated heterocycles. The maximum atomic E-state index is 12.0. The van der Waals surface area contributed by atoms with E-state index in [0.29, 0.717) is 0 Å². The number of rotatable bonds is 6. The Labute approximate surface area is 169 Å².